The first-order chi connectivity index (χ1) is 13.3. The van der Waals surface area contributed by atoms with E-state index in [9.17, 15) is 5.11 Å². The van der Waals surface area contributed by atoms with Gasteiger partial charge in [-0.3, -0.25) is 0 Å². The zero-order chi connectivity index (χ0) is 18.0. The fraction of sp³-hybridized carbons (Fsp3) is 0.400. The zero-order valence-corrected chi connectivity index (χ0v) is 14.4. The molecule has 4 aliphatic rings. The molecule has 2 aromatic carbocycles. The molecule has 0 amide bonds. The van der Waals surface area contributed by atoms with Gasteiger partial charge in [0.2, 0.25) is 13.6 Å². The number of rotatable bonds is 2. The monoisotopic (exact) mass is 370 g/mol. The number of benzene rings is 2. The zero-order valence-electron chi connectivity index (χ0n) is 14.4. The van der Waals surface area contributed by atoms with Crippen LogP contribution in [0.15, 0.2) is 30.3 Å². The summed E-state index contributed by atoms with van der Waals surface area (Å²) in [7, 11) is 0. The van der Waals surface area contributed by atoms with E-state index in [0.717, 1.165) is 22.6 Å². The molecule has 0 aliphatic carbocycles. The lowest BCUT2D eigenvalue weighted by molar-refractivity contribution is 0.0185. The van der Waals surface area contributed by atoms with Gasteiger partial charge in [0.05, 0.1) is 25.4 Å². The fourth-order valence-electron chi connectivity index (χ4n) is 4.48. The van der Waals surface area contributed by atoms with E-state index in [-0.39, 0.29) is 43.4 Å². The van der Waals surface area contributed by atoms with E-state index in [1.165, 1.54) is 0 Å². The summed E-state index contributed by atoms with van der Waals surface area (Å²) in [5.41, 5.74) is 1.78. The Hall–Kier alpha value is -2.64. The van der Waals surface area contributed by atoms with Gasteiger partial charge in [-0.25, -0.2) is 0 Å². The Morgan fingerprint density at radius 1 is 0.704 bits per heavy atom. The van der Waals surface area contributed by atoms with Gasteiger partial charge in [-0.1, -0.05) is 6.07 Å². The molecule has 2 fully saturated rings. The van der Waals surface area contributed by atoms with Gasteiger partial charge in [-0.15, -0.1) is 0 Å². The van der Waals surface area contributed by atoms with Gasteiger partial charge in [0, 0.05) is 23.5 Å². The van der Waals surface area contributed by atoms with E-state index in [4.69, 9.17) is 28.4 Å². The largest absolute Gasteiger partial charge is 0.507 e. The van der Waals surface area contributed by atoms with Crippen LogP contribution < -0.4 is 18.9 Å². The van der Waals surface area contributed by atoms with Crippen LogP contribution in [0, 0.1) is 11.8 Å². The second-order valence-corrected chi connectivity index (χ2v) is 7.21. The smallest absolute Gasteiger partial charge is 0.231 e. The van der Waals surface area contributed by atoms with Crippen LogP contribution in [-0.4, -0.2) is 31.9 Å². The highest BCUT2D eigenvalue weighted by Crippen LogP contribution is 2.53. The summed E-state index contributed by atoms with van der Waals surface area (Å²) in [4.78, 5) is 0. The fourth-order valence-corrected chi connectivity index (χ4v) is 4.48. The van der Waals surface area contributed by atoms with Crippen LogP contribution >= 0.6 is 0 Å². The molecule has 0 radical (unpaired) electrons. The number of hydrogen-bond donors (Lipinski definition) is 1. The highest BCUT2D eigenvalue weighted by Gasteiger charge is 2.49. The molecule has 0 aromatic heterocycles. The number of phenols is 1. The summed E-state index contributed by atoms with van der Waals surface area (Å²) in [6, 6.07) is 9.34. The second kappa shape index (κ2) is 5.68. The molecule has 140 valence electrons. The molecule has 2 saturated heterocycles. The minimum Gasteiger partial charge on any atom is -0.507 e. The van der Waals surface area contributed by atoms with Crippen molar-refractivity contribution in [2.24, 2.45) is 11.8 Å². The van der Waals surface area contributed by atoms with Gasteiger partial charge in [-0.05, 0) is 23.8 Å². The highest BCUT2D eigenvalue weighted by molar-refractivity contribution is 5.52. The molecule has 7 heteroatoms. The Morgan fingerprint density at radius 2 is 1.33 bits per heavy atom. The molecule has 0 spiro atoms. The van der Waals surface area contributed by atoms with Crippen LogP contribution in [0.1, 0.15) is 23.3 Å². The lowest BCUT2D eigenvalue weighted by atomic mass is 9.84. The van der Waals surface area contributed by atoms with E-state index in [1.54, 1.807) is 6.07 Å². The summed E-state index contributed by atoms with van der Waals surface area (Å²) >= 11 is 0. The van der Waals surface area contributed by atoms with Gasteiger partial charge >= 0.3 is 0 Å². The van der Waals surface area contributed by atoms with Crippen molar-refractivity contribution < 1.29 is 33.5 Å². The predicted molar refractivity (Wildman–Crippen MR) is 91.2 cm³/mol. The third-order valence-electron chi connectivity index (χ3n) is 5.82. The van der Waals surface area contributed by atoms with Crippen LogP contribution in [0.2, 0.25) is 0 Å². The van der Waals surface area contributed by atoms with E-state index >= 15 is 0 Å². The van der Waals surface area contributed by atoms with Gasteiger partial charge in [0.1, 0.15) is 5.75 Å². The summed E-state index contributed by atoms with van der Waals surface area (Å²) in [5.74, 6) is 3.25. The first kappa shape index (κ1) is 15.4. The Balaban J connectivity index is 1.29. The first-order valence-corrected chi connectivity index (χ1v) is 9.03. The van der Waals surface area contributed by atoms with Gasteiger partial charge in [0.25, 0.3) is 0 Å². The number of aromatic hydroxyl groups is 1. The molecule has 0 saturated carbocycles. The minimum absolute atomic E-state index is 0.0642. The topological polar surface area (TPSA) is 75.6 Å². The average molecular weight is 370 g/mol. The molecule has 4 aliphatic heterocycles. The Labute approximate surface area is 155 Å². The van der Waals surface area contributed by atoms with Crippen molar-refractivity contribution in [1.29, 1.82) is 0 Å². The molecule has 0 bridgehead atoms. The third kappa shape index (κ3) is 2.28. The third-order valence-corrected chi connectivity index (χ3v) is 5.82. The number of phenolic OH excluding ortho intramolecular Hbond substituents is 1. The Kier molecular flexibility index (Phi) is 3.24. The van der Waals surface area contributed by atoms with Crippen LogP contribution in [0.5, 0.6) is 28.7 Å². The maximum Gasteiger partial charge on any atom is 0.231 e. The summed E-state index contributed by atoms with van der Waals surface area (Å²) in [6.07, 6.45) is -0.297. The van der Waals surface area contributed by atoms with Crippen LogP contribution in [-0.2, 0) is 9.47 Å². The molecule has 2 aromatic rings. The quantitative estimate of drug-likeness (QED) is 0.871. The number of fused-ring (bicyclic) bond motifs is 3. The van der Waals surface area contributed by atoms with Gasteiger partial charge < -0.3 is 33.5 Å². The molecular formula is C20H18O7. The van der Waals surface area contributed by atoms with Crippen molar-refractivity contribution in [3.8, 4) is 28.7 Å². The first-order valence-electron chi connectivity index (χ1n) is 9.03. The second-order valence-electron chi connectivity index (χ2n) is 7.21. The summed E-state index contributed by atoms with van der Waals surface area (Å²) < 4.78 is 33.9. The maximum absolute atomic E-state index is 10.5. The minimum atomic E-state index is -0.233. The predicted octanol–water partition coefficient (Wildman–Crippen LogP) is 2.92. The van der Waals surface area contributed by atoms with Crippen LogP contribution in [0.4, 0.5) is 0 Å². The Bertz CT molecular complexity index is 911. The lowest BCUT2D eigenvalue weighted by Gasteiger charge is -2.18. The standard InChI is InChI=1S/C20H18O7/c21-14-5-18-17(26-9-27-18)4-11(14)20-13-7-22-19(12(13)6-23-20)10-1-2-15-16(3-10)25-8-24-15/h1-5,12-13,19-21H,6-9H2/t12-,13-,19-,20-/m0/s1. The molecule has 7 nitrogen and oxygen atoms in total. The van der Waals surface area contributed by atoms with E-state index < -0.39 is 0 Å². The van der Waals surface area contributed by atoms with Crippen molar-refractivity contribution >= 4 is 0 Å². The summed E-state index contributed by atoms with van der Waals surface area (Å²) in [6.45, 7) is 1.57. The normalized spacial score (nSPS) is 29.9. The van der Waals surface area contributed by atoms with Crippen LogP contribution in [0.25, 0.3) is 0 Å². The molecule has 0 unspecified atom stereocenters. The van der Waals surface area contributed by atoms with Crippen molar-refractivity contribution in [2.75, 3.05) is 26.8 Å². The average Bonchev–Trinajstić information content (AvgIpc) is 3.43. The molecule has 6 rings (SSSR count). The van der Waals surface area contributed by atoms with E-state index in [0.29, 0.717) is 24.7 Å². The van der Waals surface area contributed by atoms with Crippen molar-refractivity contribution in [2.45, 2.75) is 12.2 Å². The molecular weight excluding hydrogens is 352 g/mol. The van der Waals surface area contributed by atoms with E-state index in [2.05, 4.69) is 0 Å². The van der Waals surface area contributed by atoms with Crippen molar-refractivity contribution in [3.05, 3.63) is 41.5 Å². The number of hydrogen-bond acceptors (Lipinski definition) is 7. The van der Waals surface area contributed by atoms with Crippen LogP contribution in [0.3, 0.4) is 0 Å². The van der Waals surface area contributed by atoms with Gasteiger partial charge in [0.15, 0.2) is 23.0 Å². The molecule has 4 heterocycles. The van der Waals surface area contributed by atoms with Crippen molar-refractivity contribution in [1.82, 2.24) is 0 Å². The highest BCUT2D eigenvalue weighted by atomic mass is 16.7. The SMILES string of the molecule is Oc1cc2c(cc1[C@@H]1OC[C@H]3[C@@H]1CO[C@H]3c1ccc3c(c1)OCO3)OCO2. The van der Waals surface area contributed by atoms with Crippen molar-refractivity contribution in [3.63, 3.8) is 0 Å². The maximum atomic E-state index is 10.5. The lowest BCUT2D eigenvalue weighted by Crippen LogP contribution is -2.14. The summed E-state index contributed by atoms with van der Waals surface area (Å²) in [5, 5.41) is 10.5. The van der Waals surface area contributed by atoms with E-state index in [1.807, 2.05) is 24.3 Å². The Morgan fingerprint density at radius 3 is 2.15 bits per heavy atom. The number of ether oxygens (including phenoxy) is 6. The molecule has 1 N–H and O–H groups in total. The molecule has 27 heavy (non-hydrogen) atoms. The molecule has 4 atom stereocenters. The van der Waals surface area contributed by atoms with Gasteiger partial charge in [-0.2, -0.15) is 0 Å².